The molecule has 0 bridgehead atoms. The lowest BCUT2D eigenvalue weighted by molar-refractivity contribution is 0.102. The second kappa shape index (κ2) is 7.90. The van der Waals surface area contributed by atoms with E-state index in [9.17, 15) is 4.79 Å². The molecule has 0 saturated heterocycles. The lowest BCUT2D eigenvalue weighted by Gasteiger charge is -2.14. The molecule has 0 atom stereocenters. The summed E-state index contributed by atoms with van der Waals surface area (Å²) in [6.45, 7) is 2.35. The molecule has 23 heavy (non-hydrogen) atoms. The Bertz CT molecular complexity index is 738. The third-order valence-corrected chi connectivity index (χ3v) is 4.39. The van der Waals surface area contributed by atoms with Crippen LogP contribution < -0.4 is 14.8 Å². The minimum absolute atomic E-state index is 0.291. The van der Waals surface area contributed by atoms with Crippen LogP contribution in [0.3, 0.4) is 0 Å². The highest BCUT2D eigenvalue weighted by Crippen LogP contribution is 2.37. The quantitative estimate of drug-likeness (QED) is 0.705. The van der Waals surface area contributed by atoms with Crippen molar-refractivity contribution in [3.05, 3.63) is 50.4 Å². The second-order valence-corrected chi connectivity index (χ2v) is 6.12. The van der Waals surface area contributed by atoms with Crippen LogP contribution in [0.5, 0.6) is 11.5 Å². The summed E-state index contributed by atoms with van der Waals surface area (Å²) in [5.74, 6) is 0.673. The van der Waals surface area contributed by atoms with Crippen molar-refractivity contribution >= 4 is 50.7 Å². The van der Waals surface area contributed by atoms with Crippen LogP contribution in [0.1, 0.15) is 17.3 Å². The van der Waals surface area contributed by atoms with Crippen molar-refractivity contribution in [1.82, 2.24) is 0 Å². The molecule has 0 fully saturated rings. The lowest BCUT2D eigenvalue weighted by atomic mass is 10.1. The molecule has 2 aromatic rings. The number of amides is 1. The molecule has 1 N–H and O–H groups in total. The molecule has 0 spiro atoms. The molecule has 0 aliphatic rings. The summed E-state index contributed by atoms with van der Waals surface area (Å²) >= 11 is 15.4. The van der Waals surface area contributed by atoms with Crippen LogP contribution in [0.2, 0.25) is 10.0 Å². The van der Waals surface area contributed by atoms with Gasteiger partial charge in [0.25, 0.3) is 5.91 Å². The van der Waals surface area contributed by atoms with Crippen LogP contribution in [0.15, 0.2) is 34.8 Å². The maximum atomic E-state index is 12.4. The van der Waals surface area contributed by atoms with Gasteiger partial charge in [-0.15, -0.1) is 0 Å². The van der Waals surface area contributed by atoms with E-state index in [1.54, 1.807) is 30.3 Å². The van der Waals surface area contributed by atoms with Gasteiger partial charge in [0, 0.05) is 5.56 Å². The largest absolute Gasteiger partial charge is 0.493 e. The fraction of sp³-hybridized carbons (Fsp3) is 0.188. The Hall–Kier alpha value is -1.43. The van der Waals surface area contributed by atoms with E-state index < -0.39 is 0 Å². The van der Waals surface area contributed by atoms with E-state index in [1.807, 2.05) is 6.92 Å². The van der Waals surface area contributed by atoms with Crippen molar-refractivity contribution in [2.45, 2.75) is 6.92 Å². The number of hydrogen-bond acceptors (Lipinski definition) is 3. The monoisotopic (exact) mass is 417 g/mol. The maximum Gasteiger partial charge on any atom is 0.255 e. The Morgan fingerprint density at radius 2 is 2.04 bits per heavy atom. The van der Waals surface area contributed by atoms with Crippen molar-refractivity contribution in [1.29, 1.82) is 0 Å². The van der Waals surface area contributed by atoms with Crippen molar-refractivity contribution in [3.8, 4) is 11.5 Å². The maximum absolute atomic E-state index is 12.4. The van der Waals surface area contributed by atoms with Crippen LogP contribution in [0, 0.1) is 0 Å². The van der Waals surface area contributed by atoms with Gasteiger partial charge in [-0.1, -0.05) is 29.3 Å². The number of anilines is 1. The number of methoxy groups -OCH3 is 1. The van der Waals surface area contributed by atoms with Crippen molar-refractivity contribution in [2.75, 3.05) is 19.0 Å². The number of hydrogen-bond donors (Lipinski definition) is 1. The molecule has 0 aromatic heterocycles. The van der Waals surface area contributed by atoms with Crippen LogP contribution in [0.25, 0.3) is 0 Å². The number of carbonyl (C=O) groups excluding carboxylic acids is 1. The van der Waals surface area contributed by atoms with E-state index in [-0.39, 0.29) is 5.91 Å². The summed E-state index contributed by atoms with van der Waals surface area (Å²) in [5, 5.41) is 3.39. The Morgan fingerprint density at radius 1 is 1.30 bits per heavy atom. The zero-order chi connectivity index (χ0) is 17.0. The molecule has 122 valence electrons. The highest BCUT2D eigenvalue weighted by molar-refractivity contribution is 9.10. The van der Waals surface area contributed by atoms with Gasteiger partial charge in [0.1, 0.15) is 0 Å². The standard InChI is InChI=1S/C16H14BrCl2NO3/c1-3-23-15-10(17)7-9(8-13(15)22-2)16(21)20-12-6-4-5-11(18)14(12)19/h4-8H,3H2,1-2H3,(H,20,21). The SMILES string of the molecule is CCOc1c(Br)cc(C(=O)Nc2cccc(Cl)c2Cl)cc1OC. The molecule has 0 unspecified atom stereocenters. The minimum Gasteiger partial charge on any atom is -0.493 e. The average Bonchev–Trinajstić information content (AvgIpc) is 2.53. The van der Waals surface area contributed by atoms with Crippen molar-refractivity contribution < 1.29 is 14.3 Å². The fourth-order valence-corrected chi connectivity index (χ4v) is 2.83. The molecule has 0 aliphatic carbocycles. The number of rotatable bonds is 5. The highest BCUT2D eigenvalue weighted by atomic mass is 79.9. The van der Waals surface area contributed by atoms with Gasteiger partial charge in [-0.25, -0.2) is 0 Å². The fourth-order valence-electron chi connectivity index (χ4n) is 1.93. The zero-order valence-electron chi connectivity index (χ0n) is 12.5. The first-order valence-corrected chi connectivity index (χ1v) is 8.28. The number of nitrogens with one attached hydrogen (secondary N) is 1. The number of carbonyl (C=O) groups is 1. The normalized spacial score (nSPS) is 10.3. The molecular weight excluding hydrogens is 405 g/mol. The van der Waals surface area contributed by atoms with Gasteiger partial charge in [0.15, 0.2) is 11.5 Å². The Kier molecular flexibility index (Phi) is 6.16. The first kappa shape index (κ1) is 17.9. The van der Waals surface area contributed by atoms with Crippen LogP contribution in [0.4, 0.5) is 5.69 Å². The van der Waals surface area contributed by atoms with E-state index in [2.05, 4.69) is 21.2 Å². The van der Waals surface area contributed by atoms with E-state index in [0.29, 0.717) is 43.9 Å². The summed E-state index contributed by atoms with van der Waals surface area (Å²) in [5.41, 5.74) is 0.835. The van der Waals surface area contributed by atoms with Crippen molar-refractivity contribution in [2.24, 2.45) is 0 Å². The Labute approximate surface area is 152 Å². The number of benzene rings is 2. The van der Waals surface area contributed by atoms with Crippen LogP contribution in [-0.2, 0) is 0 Å². The zero-order valence-corrected chi connectivity index (χ0v) is 15.6. The van der Waals surface area contributed by atoms with Gasteiger partial charge in [-0.2, -0.15) is 0 Å². The summed E-state index contributed by atoms with van der Waals surface area (Å²) in [7, 11) is 1.51. The smallest absolute Gasteiger partial charge is 0.255 e. The van der Waals surface area contributed by atoms with Crippen LogP contribution >= 0.6 is 39.1 Å². The third-order valence-electron chi connectivity index (χ3n) is 2.98. The molecule has 0 saturated carbocycles. The molecule has 7 heteroatoms. The summed E-state index contributed by atoms with van der Waals surface area (Å²) in [6.07, 6.45) is 0. The predicted octanol–water partition coefficient (Wildman–Crippen LogP) is 5.42. The summed E-state index contributed by atoms with van der Waals surface area (Å²) in [6, 6.07) is 8.28. The van der Waals surface area contributed by atoms with E-state index in [4.69, 9.17) is 32.7 Å². The average molecular weight is 419 g/mol. The van der Waals surface area contributed by atoms with Gasteiger partial charge in [0.2, 0.25) is 0 Å². The van der Waals surface area contributed by atoms with Gasteiger partial charge in [0.05, 0.1) is 33.9 Å². The molecule has 2 aromatic carbocycles. The lowest BCUT2D eigenvalue weighted by Crippen LogP contribution is -2.13. The number of ether oxygens (including phenoxy) is 2. The van der Waals surface area contributed by atoms with Gasteiger partial charge < -0.3 is 14.8 Å². The third kappa shape index (κ3) is 4.10. The van der Waals surface area contributed by atoms with Gasteiger partial charge >= 0.3 is 0 Å². The number of halogens is 3. The van der Waals surface area contributed by atoms with Gasteiger partial charge in [-0.05, 0) is 47.1 Å². The molecule has 2 rings (SSSR count). The second-order valence-electron chi connectivity index (χ2n) is 4.48. The van der Waals surface area contributed by atoms with E-state index in [0.717, 1.165) is 0 Å². The molecule has 1 amide bonds. The van der Waals surface area contributed by atoms with E-state index >= 15 is 0 Å². The Morgan fingerprint density at radius 3 is 2.70 bits per heavy atom. The molecule has 0 aliphatic heterocycles. The minimum atomic E-state index is -0.337. The van der Waals surface area contributed by atoms with Gasteiger partial charge in [-0.3, -0.25) is 4.79 Å². The van der Waals surface area contributed by atoms with Crippen molar-refractivity contribution in [3.63, 3.8) is 0 Å². The first-order valence-electron chi connectivity index (χ1n) is 6.73. The molecule has 4 nitrogen and oxygen atoms in total. The Balaban J connectivity index is 2.32. The molecule has 0 radical (unpaired) electrons. The van der Waals surface area contributed by atoms with E-state index in [1.165, 1.54) is 7.11 Å². The summed E-state index contributed by atoms with van der Waals surface area (Å²) in [4.78, 5) is 12.4. The summed E-state index contributed by atoms with van der Waals surface area (Å²) < 4.78 is 11.4. The first-order chi connectivity index (χ1) is 11.0. The topological polar surface area (TPSA) is 47.6 Å². The van der Waals surface area contributed by atoms with Crippen LogP contribution in [-0.4, -0.2) is 19.6 Å². The predicted molar refractivity (Wildman–Crippen MR) is 96.3 cm³/mol. The highest BCUT2D eigenvalue weighted by Gasteiger charge is 2.16. The molecular formula is C16H14BrCl2NO3. The molecule has 0 heterocycles.